The fourth-order valence-corrected chi connectivity index (χ4v) is 2.81. The average Bonchev–Trinajstić information content (AvgIpc) is 2.83. The quantitative estimate of drug-likeness (QED) is 0.912. The Morgan fingerprint density at radius 2 is 2.25 bits per heavy atom. The van der Waals surface area contributed by atoms with Crippen LogP contribution in [0.5, 0.6) is 0 Å². The Bertz CT molecular complexity index is 684. The minimum Gasteiger partial charge on any atom is -0.388 e. The van der Waals surface area contributed by atoms with Crippen LogP contribution in [0.25, 0.3) is 0 Å². The fraction of sp³-hybridized carbons (Fsp3) is 0.312. The lowest BCUT2D eigenvalue weighted by molar-refractivity contribution is 0.157. The summed E-state index contributed by atoms with van der Waals surface area (Å²) < 4.78 is 15.2. The SMILES string of the molecule is N#Cc1ccc(F)cc1Cn1cc2c(c1)C(O)CCC2. The Kier molecular flexibility index (Phi) is 3.29. The Balaban J connectivity index is 1.93. The Morgan fingerprint density at radius 3 is 3.00 bits per heavy atom. The number of aliphatic hydroxyl groups excluding tert-OH is 1. The molecule has 0 spiro atoms. The summed E-state index contributed by atoms with van der Waals surface area (Å²) in [5, 5.41) is 19.0. The number of benzene rings is 1. The predicted octanol–water partition coefficient (Wildman–Crippen LogP) is 2.92. The van der Waals surface area contributed by atoms with E-state index in [-0.39, 0.29) is 5.82 Å². The Hall–Kier alpha value is -2.12. The van der Waals surface area contributed by atoms with E-state index in [1.807, 2.05) is 17.0 Å². The molecule has 0 saturated carbocycles. The second kappa shape index (κ2) is 5.10. The van der Waals surface area contributed by atoms with Crippen molar-refractivity contribution in [3.63, 3.8) is 0 Å². The molecule has 4 heteroatoms. The molecular formula is C16H15FN2O. The van der Waals surface area contributed by atoms with Crippen LogP contribution >= 0.6 is 0 Å². The highest BCUT2D eigenvalue weighted by Crippen LogP contribution is 2.30. The summed E-state index contributed by atoms with van der Waals surface area (Å²) in [6, 6.07) is 6.28. The topological polar surface area (TPSA) is 49.0 Å². The summed E-state index contributed by atoms with van der Waals surface area (Å²) in [5.74, 6) is -0.337. The van der Waals surface area contributed by atoms with Crippen molar-refractivity contribution in [2.75, 3.05) is 0 Å². The average molecular weight is 270 g/mol. The largest absolute Gasteiger partial charge is 0.388 e. The van der Waals surface area contributed by atoms with Crippen LogP contribution in [0.3, 0.4) is 0 Å². The van der Waals surface area contributed by atoms with E-state index in [1.54, 1.807) is 0 Å². The molecule has 1 aromatic heterocycles. The van der Waals surface area contributed by atoms with Crippen LogP contribution < -0.4 is 0 Å². The van der Waals surface area contributed by atoms with Crippen LogP contribution in [0, 0.1) is 17.1 Å². The molecule has 1 aliphatic rings. The van der Waals surface area contributed by atoms with Crippen LogP contribution in [-0.4, -0.2) is 9.67 Å². The van der Waals surface area contributed by atoms with Crippen molar-refractivity contribution in [2.45, 2.75) is 31.9 Å². The van der Waals surface area contributed by atoms with E-state index < -0.39 is 6.10 Å². The Labute approximate surface area is 116 Å². The van der Waals surface area contributed by atoms with Crippen molar-refractivity contribution in [3.8, 4) is 6.07 Å². The molecule has 0 bridgehead atoms. The third-order valence-corrected chi connectivity index (χ3v) is 3.82. The van der Waals surface area contributed by atoms with Gasteiger partial charge in [0.05, 0.1) is 17.7 Å². The molecule has 102 valence electrons. The van der Waals surface area contributed by atoms with Gasteiger partial charge in [-0.2, -0.15) is 5.26 Å². The smallest absolute Gasteiger partial charge is 0.123 e. The van der Waals surface area contributed by atoms with Gasteiger partial charge >= 0.3 is 0 Å². The fourth-order valence-electron chi connectivity index (χ4n) is 2.81. The summed E-state index contributed by atoms with van der Waals surface area (Å²) in [6.07, 6.45) is 6.24. The zero-order chi connectivity index (χ0) is 14.1. The van der Waals surface area contributed by atoms with Gasteiger partial charge in [0.1, 0.15) is 5.82 Å². The van der Waals surface area contributed by atoms with Gasteiger partial charge in [-0.05, 0) is 48.6 Å². The molecule has 0 amide bonds. The molecule has 0 radical (unpaired) electrons. The molecule has 0 aliphatic heterocycles. The first-order valence-electron chi connectivity index (χ1n) is 6.72. The third kappa shape index (κ3) is 2.33. The lowest BCUT2D eigenvalue weighted by atomic mass is 9.93. The normalized spacial score (nSPS) is 17.6. The highest BCUT2D eigenvalue weighted by atomic mass is 19.1. The van der Waals surface area contributed by atoms with E-state index in [9.17, 15) is 9.50 Å². The molecule has 2 aromatic rings. The minimum absolute atomic E-state index is 0.337. The summed E-state index contributed by atoms with van der Waals surface area (Å²) in [4.78, 5) is 0. The molecule has 0 fully saturated rings. The van der Waals surface area contributed by atoms with Crippen molar-refractivity contribution in [2.24, 2.45) is 0 Å². The van der Waals surface area contributed by atoms with E-state index in [1.165, 1.54) is 18.2 Å². The second-order valence-electron chi connectivity index (χ2n) is 5.23. The van der Waals surface area contributed by atoms with E-state index in [2.05, 4.69) is 6.07 Å². The molecule has 3 rings (SSSR count). The minimum atomic E-state index is -0.400. The summed E-state index contributed by atoms with van der Waals surface area (Å²) >= 11 is 0. The second-order valence-corrected chi connectivity index (χ2v) is 5.23. The van der Waals surface area contributed by atoms with Gasteiger partial charge in [-0.1, -0.05) is 0 Å². The number of hydrogen-bond donors (Lipinski definition) is 1. The van der Waals surface area contributed by atoms with E-state index in [0.29, 0.717) is 17.7 Å². The zero-order valence-electron chi connectivity index (χ0n) is 11.0. The van der Waals surface area contributed by atoms with Crippen LogP contribution in [0.2, 0.25) is 0 Å². The van der Waals surface area contributed by atoms with Crippen LogP contribution in [0.1, 0.15) is 41.2 Å². The summed E-state index contributed by atoms with van der Waals surface area (Å²) in [7, 11) is 0. The molecule has 1 atom stereocenters. The van der Waals surface area contributed by atoms with E-state index >= 15 is 0 Å². The van der Waals surface area contributed by atoms with Crippen molar-refractivity contribution >= 4 is 0 Å². The van der Waals surface area contributed by atoms with Crippen molar-refractivity contribution in [1.29, 1.82) is 5.26 Å². The number of halogens is 1. The maximum absolute atomic E-state index is 13.3. The number of fused-ring (bicyclic) bond motifs is 1. The molecule has 0 saturated heterocycles. The summed E-state index contributed by atoms with van der Waals surface area (Å²) in [5.41, 5.74) is 3.26. The first-order valence-corrected chi connectivity index (χ1v) is 6.72. The number of aryl methyl sites for hydroxylation is 1. The molecule has 1 N–H and O–H groups in total. The van der Waals surface area contributed by atoms with Gasteiger partial charge < -0.3 is 9.67 Å². The molecule has 1 unspecified atom stereocenters. The lowest BCUT2D eigenvalue weighted by Gasteiger charge is -2.16. The monoisotopic (exact) mass is 270 g/mol. The van der Waals surface area contributed by atoms with E-state index in [0.717, 1.165) is 30.4 Å². The molecule has 1 aromatic carbocycles. The molecule has 1 heterocycles. The number of rotatable bonds is 2. The number of hydrogen-bond acceptors (Lipinski definition) is 2. The number of nitrogens with zero attached hydrogens (tertiary/aromatic N) is 2. The molecule has 3 nitrogen and oxygen atoms in total. The first kappa shape index (κ1) is 12.9. The molecule has 20 heavy (non-hydrogen) atoms. The van der Waals surface area contributed by atoms with Gasteiger partial charge in [0.2, 0.25) is 0 Å². The highest BCUT2D eigenvalue weighted by molar-refractivity contribution is 5.38. The highest BCUT2D eigenvalue weighted by Gasteiger charge is 2.20. The van der Waals surface area contributed by atoms with Crippen molar-refractivity contribution in [1.82, 2.24) is 4.57 Å². The molecule has 1 aliphatic carbocycles. The maximum atomic E-state index is 13.3. The van der Waals surface area contributed by atoms with Gasteiger partial charge in [-0.15, -0.1) is 0 Å². The maximum Gasteiger partial charge on any atom is 0.123 e. The van der Waals surface area contributed by atoms with E-state index in [4.69, 9.17) is 5.26 Å². The van der Waals surface area contributed by atoms with Crippen LogP contribution in [0.15, 0.2) is 30.6 Å². The van der Waals surface area contributed by atoms with Crippen molar-refractivity contribution < 1.29 is 9.50 Å². The Morgan fingerprint density at radius 1 is 1.40 bits per heavy atom. The third-order valence-electron chi connectivity index (χ3n) is 3.82. The number of aliphatic hydroxyl groups is 1. The number of aromatic nitrogens is 1. The predicted molar refractivity (Wildman–Crippen MR) is 72.5 cm³/mol. The van der Waals surface area contributed by atoms with Crippen LogP contribution in [0.4, 0.5) is 4.39 Å². The zero-order valence-corrected chi connectivity index (χ0v) is 11.0. The van der Waals surface area contributed by atoms with Gasteiger partial charge in [-0.25, -0.2) is 4.39 Å². The van der Waals surface area contributed by atoms with Gasteiger partial charge in [0.15, 0.2) is 0 Å². The van der Waals surface area contributed by atoms with Gasteiger partial charge in [0.25, 0.3) is 0 Å². The lowest BCUT2D eigenvalue weighted by Crippen LogP contribution is -2.05. The summed E-state index contributed by atoms with van der Waals surface area (Å²) in [6.45, 7) is 0.445. The standard InChI is InChI=1S/C16H15FN2O/c17-14-5-4-11(7-18)13(6-14)9-19-8-12-2-1-3-16(20)15(12)10-19/h4-6,8,10,16,20H,1-3,9H2. The van der Waals surface area contributed by atoms with Gasteiger partial charge in [-0.3, -0.25) is 0 Å². The van der Waals surface area contributed by atoms with Crippen LogP contribution in [-0.2, 0) is 13.0 Å². The molecular weight excluding hydrogens is 255 g/mol. The van der Waals surface area contributed by atoms with Gasteiger partial charge in [0, 0.05) is 24.5 Å². The first-order chi connectivity index (χ1) is 9.67. The number of nitriles is 1. The van der Waals surface area contributed by atoms with Crippen molar-refractivity contribution in [3.05, 3.63) is 58.7 Å².